The van der Waals surface area contributed by atoms with E-state index in [1.165, 1.54) is 17.3 Å². The lowest BCUT2D eigenvalue weighted by Gasteiger charge is -2.09. The molecule has 0 aliphatic carbocycles. The number of hydrogen-bond donors (Lipinski definition) is 1. The van der Waals surface area contributed by atoms with Gasteiger partial charge in [0.25, 0.3) is 0 Å². The first kappa shape index (κ1) is 14.8. The van der Waals surface area contributed by atoms with Gasteiger partial charge in [-0.05, 0) is 30.5 Å². The number of benzene rings is 2. The molecule has 2 aromatic rings. The van der Waals surface area contributed by atoms with Crippen molar-refractivity contribution in [1.82, 2.24) is 0 Å². The molecule has 3 heteroatoms. The summed E-state index contributed by atoms with van der Waals surface area (Å²) in [5, 5.41) is 9.94. The maximum Gasteiger partial charge on any atom is 0.196 e. The van der Waals surface area contributed by atoms with Crippen LogP contribution in [-0.4, -0.2) is 16.3 Å². The molecule has 1 unspecified atom stereocenters. The SMILES string of the molecule is O=C(CC(O)CCc1ccccc1)Sc1ccccc1. The Morgan fingerprint density at radius 2 is 1.60 bits per heavy atom. The lowest BCUT2D eigenvalue weighted by Crippen LogP contribution is -2.12. The highest BCUT2D eigenvalue weighted by molar-refractivity contribution is 8.13. The lowest BCUT2D eigenvalue weighted by molar-refractivity contribution is -0.112. The number of aryl methyl sites for hydroxylation is 1. The molecule has 0 heterocycles. The summed E-state index contributed by atoms with van der Waals surface area (Å²) in [5.74, 6) is 0. The summed E-state index contributed by atoms with van der Waals surface area (Å²) in [5.41, 5.74) is 1.19. The second-order valence-electron chi connectivity index (χ2n) is 4.67. The Hall–Kier alpha value is -1.58. The van der Waals surface area contributed by atoms with E-state index >= 15 is 0 Å². The Balaban J connectivity index is 1.74. The van der Waals surface area contributed by atoms with E-state index < -0.39 is 6.10 Å². The first-order valence-electron chi connectivity index (χ1n) is 6.72. The van der Waals surface area contributed by atoms with Crippen LogP contribution in [0.3, 0.4) is 0 Å². The van der Waals surface area contributed by atoms with Gasteiger partial charge in [-0.1, -0.05) is 60.3 Å². The quantitative estimate of drug-likeness (QED) is 0.823. The number of carbonyl (C=O) groups excluding carboxylic acids is 1. The molecule has 0 aliphatic rings. The van der Waals surface area contributed by atoms with E-state index in [-0.39, 0.29) is 11.5 Å². The summed E-state index contributed by atoms with van der Waals surface area (Å²) in [4.78, 5) is 12.8. The molecule has 2 rings (SSSR count). The van der Waals surface area contributed by atoms with E-state index in [1.54, 1.807) is 0 Å². The van der Waals surface area contributed by atoms with E-state index in [1.807, 2.05) is 60.7 Å². The largest absolute Gasteiger partial charge is 0.393 e. The van der Waals surface area contributed by atoms with Crippen molar-refractivity contribution in [1.29, 1.82) is 0 Å². The standard InChI is InChI=1S/C17H18O2S/c18-15(12-11-14-7-3-1-4-8-14)13-17(19)20-16-9-5-2-6-10-16/h1-10,15,18H,11-13H2. The third-order valence-corrected chi connectivity index (χ3v) is 3.89. The first-order chi connectivity index (χ1) is 9.74. The van der Waals surface area contributed by atoms with Crippen LogP contribution in [0.15, 0.2) is 65.6 Å². The topological polar surface area (TPSA) is 37.3 Å². The number of aliphatic hydroxyl groups excluding tert-OH is 1. The molecule has 20 heavy (non-hydrogen) atoms. The molecule has 1 N–H and O–H groups in total. The van der Waals surface area contributed by atoms with Crippen molar-refractivity contribution in [3.05, 3.63) is 66.2 Å². The zero-order valence-corrected chi connectivity index (χ0v) is 12.1. The zero-order chi connectivity index (χ0) is 14.2. The molecule has 2 aromatic carbocycles. The summed E-state index contributed by atoms with van der Waals surface area (Å²) in [6.45, 7) is 0. The van der Waals surface area contributed by atoms with Crippen LogP contribution in [0, 0.1) is 0 Å². The van der Waals surface area contributed by atoms with Crippen molar-refractivity contribution in [2.24, 2.45) is 0 Å². The Morgan fingerprint density at radius 3 is 2.25 bits per heavy atom. The zero-order valence-electron chi connectivity index (χ0n) is 11.2. The fourth-order valence-electron chi connectivity index (χ4n) is 1.93. The minimum absolute atomic E-state index is 0.0109. The molecule has 0 saturated heterocycles. The molecular weight excluding hydrogens is 268 g/mol. The van der Waals surface area contributed by atoms with Gasteiger partial charge in [-0.3, -0.25) is 4.79 Å². The van der Waals surface area contributed by atoms with Crippen LogP contribution in [-0.2, 0) is 11.2 Å². The molecule has 0 spiro atoms. The normalized spacial score (nSPS) is 12.1. The van der Waals surface area contributed by atoms with Gasteiger partial charge < -0.3 is 5.11 Å². The maximum atomic E-state index is 11.8. The Kier molecular flexibility index (Phi) is 5.84. The molecule has 2 nitrogen and oxygen atoms in total. The molecule has 1 atom stereocenters. The van der Waals surface area contributed by atoms with Gasteiger partial charge in [0.1, 0.15) is 0 Å². The molecule has 104 valence electrons. The second kappa shape index (κ2) is 7.88. The van der Waals surface area contributed by atoms with Gasteiger partial charge in [-0.15, -0.1) is 0 Å². The molecule has 0 radical (unpaired) electrons. The highest BCUT2D eigenvalue weighted by Gasteiger charge is 2.12. The van der Waals surface area contributed by atoms with Crippen LogP contribution in [0.5, 0.6) is 0 Å². The number of carbonyl (C=O) groups is 1. The van der Waals surface area contributed by atoms with Gasteiger partial charge in [0.15, 0.2) is 5.12 Å². The average molecular weight is 286 g/mol. The minimum atomic E-state index is -0.570. The van der Waals surface area contributed by atoms with Crippen LogP contribution in [0.2, 0.25) is 0 Å². The van der Waals surface area contributed by atoms with Crippen LogP contribution < -0.4 is 0 Å². The fraction of sp³-hybridized carbons (Fsp3) is 0.235. The van der Waals surface area contributed by atoms with Crippen molar-refractivity contribution in [3.63, 3.8) is 0 Å². The summed E-state index contributed by atoms with van der Waals surface area (Å²) in [7, 11) is 0. The predicted molar refractivity (Wildman–Crippen MR) is 82.7 cm³/mol. The minimum Gasteiger partial charge on any atom is -0.393 e. The molecule has 0 amide bonds. The summed E-state index contributed by atoms with van der Waals surface area (Å²) < 4.78 is 0. The smallest absolute Gasteiger partial charge is 0.196 e. The van der Waals surface area contributed by atoms with Gasteiger partial charge in [-0.25, -0.2) is 0 Å². The highest BCUT2D eigenvalue weighted by Crippen LogP contribution is 2.21. The predicted octanol–water partition coefficient (Wildman–Crippen LogP) is 3.69. The van der Waals surface area contributed by atoms with Gasteiger partial charge in [0.05, 0.1) is 6.10 Å². The van der Waals surface area contributed by atoms with Crippen molar-refractivity contribution in [2.75, 3.05) is 0 Å². The van der Waals surface area contributed by atoms with Gasteiger partial charge in [0.2, 0.25) is 0 Å². The summed E-state index contributed by atoms with van der Waals surface area (Å²) >= 11 is 1.19. The van der Waals surface area contributed by atoms with Crippen molar-refractivity contribution >= 4 is 16.9 Å². The number of rotatable bonds is 6. The second-order valence-corrected chi connectivity index (χ2v) is 5.80. The van der Waals surface area contributed by atoms with Crippen LogP contribution in [0.25, 0.3) is 0 Å². The van der Waals surface area contributed by atoms with Gasteiger partial charge in [-0.2, -0.15) is 0 Å². The molecule has 0 aromatic heterocycles. The van der Waals surface area contributed by atoms with E-state index in [4.69, 9.17) is 0 Å². The molecule has 0 bridgehead atoms. The summed E-state index contributed by atoms with van der Waals surface area (Å²) in [6.07, 6.45) is 1.04. The van der Waals surface area contributed by atoms with E-state index in [9.17, 15) is 9.90 Å². The Bertz CT molecular complexity index is 525. The van der Waals surface area contributed by atoms with Crippen LogP contribution in [0.4, 0.5) is 0 Å². The first-order valence-corrected chi connectivity index (χ1v) is 7.53. The highest BCUT2D eigenvalue weighted by atomic mass is 32.2. The van der Waals surface area contributed by atoms with Gasteiger partial charge >= 0.3 is 0 Å². The monoisotopic (exact) mass is 286 g/mol. The molecule has 0 aliphatic heterocycles. The van der Waals surface area contributed by atoms with Crippen molar-refractivity contribution < 1.29 is 9.90 Å². The van der Waals surface area contributed by atoms with Gasteiger partial charge in [0, 0.05) is 11.3 Å². The van der Waals surface area contributed by atoms with E-state index in [2.05, 4.69) is 0 Å². The lowest BCUT2D eigenvalue weighted by atomic mass is 10.1. The van der Waals surface area contributed by atoms with E-state index in [0.717, 1.165) is 11.3 Å². The number of thioether (sulfide) groups is 1. The molecule has 0 fully saturated rings. The third kappa shape index (κ3) is 5.19. The maximum absolute atomic E-state index is 11.8. The third-order valence-electron chi connectivity index (χ3n) is 2.99. The van der Waals surface area contributed by atoms with Crippen LogP contribution >= 0.6 is 11.8 Å². The Labute approximate surface area is 123 Å². The van der Waals surface area contributed by atoms with Crippen LogP contribution in [0.1, 0.15) is 18.4 Å². The van der Waals surface area contributed by atoms with Crippen molar-refractivity contribution in [2.45, 2.75) is 30.3 Å². The molecule has 0 saturated carbocycles. The Morgan fingerprint density at radius 1 is 1.00 bits per heavy atom. The fourth-order valence-corrected chi connectivity index (χ4v) is 2.77. The summed E-state index contributed by atoms with van der Waals surface area (Å²) in [6, 6.07) is 19.5. The number of aliphatic hydroxyl groups is 1. The van der Waals surface area contributed by atoms with Crippen molar-refractivity contribution in [3.8, 4) is 0 Å². The van der Waals surface area contributed by atoms with E-state index in [0.29, 0.717) is 6.42 Å². The molecular formula is C17H18O2S. The average Bonchev–Trinajstić information content (AvgIpc) is 2.47. The number of hydrogen-bond acceptors (Lipinski definition) is 3.